The smallest absolute Gasteiger partial charge is 0.315 e. The molecule has 2 atom stereocenters. The van der Waals surface area contributed by atoms with E-state index >= 15 is 0 Å². The van der Waals surface area contributed by atoms with Crippen LogP contribution in [0, 0.1) is 5.92 Å². The van der Waals surface area contributed by atoms with Crippen LogP contribution < -0.4 is 10.7 Å². The highest BCUT2D eigenvalue weighted by atomic mass is 16.4. The van der Waals surface area contributed by atoms with Crippen LogP contribution in [0.2, 0.25) is 0 Å². The van der Waals surface area contributed by atoms with Gasteiger partial charge in [0.15, 0.2) is 0 Å². The van der Waals surface area contributed by atoms with Crippen molar-refractivity contribution >= 4 is 29.2 Å². The number of hydrogen-bond acceptors (Lipinski definition) is 5. The average molecular weight is 441 g/mol. The van der Waals surface area contributed by atoms with Crippen molar-refractivity contribution in [3.05, 3.63) is 30.3 Å². The SMILES string of the molecule is O=C(NC1CCCCC1)[C@@H]1[C@@H](C(=O)O)/C(=N\Nc2ccccc2)C(=O)N1C1CCCCC1. The average Bonchev–Trinajstić information content (AvgIpc) is 3.12. The van der Waals surface area contributed by atoms with Gasteiger partial charge in [-0.1, -0.05) is 56.7 Å². The molecule has 0 spiro atoms. The molecule has 32 heavy (non-hydrogen) atoms. The number of carbonyl (C=O) groups is 3. The van der Waals surface area contributed by atoms with Crippen molar-refractivity contribution in [1.82, 2.24) is 10.2 Å². The van der Waals surface area contributed by atoms with E-state index < -0.39 is 23.8 Å². The van der Waals surface area contributed by atoms with E-state index in [0.29, 0.717) is 5.69 Å². The van der Waals surface area contributed by atoms with Crippen molar-refractivity contribution in [2.75, 3.05) is 5.43 Å². The fraction of sp³-hybridized carbons (Fsp3) is 0.583. The van der Waals surface area contributed by atoms with E-state index in [-0.39, 0.29) is 23.7 Å². The molecule has 1 saturated heterocycles. The first-order valence-electron chi connectivity index (χ1n) is 11.8. The Bertz CT molecular complexity index is 860. The first kappa shape index (κ1) is 22.3. The maximum absolute atomic E-state index is 13.5. The third kappa shape index (κ3) is 4.79. The van der Waals surface area contributed by atoms with Crippen molar-refractivity contribution in [2.45, 2.75) is 82.3 Å². The summed E-state index contributed by atoms with van der Waals surface area (Å²) in [7, 11) is 0. The molecular weight excluding hydrogens is 408 g/mol. The van der Waals surface area contributed by atoms with Crippen LogP contribution in [0.1, 0.15) is 64.2 Å². The first-order valence-corrected chi connectivity index (χ1v) is 11.8. The van der Waals surface area contributed by atoms with Crippen LogP contribution in [0.3, 0.4) is 0 Å². The second-order valence-corrected chi connectivity index (χ2v) is 9.08. The molecule has 0 unspecified atom stereocenters. The van der Waals surface area contributed by atoms with Crippen molar-refractivity contribution in [2.24, 2.45) is 11.0 Å². The highest BCUT2D eigenvalue weighted by molar-refractivity contribution is 6.46. The monoisotopic (exact) mass is 440 g/mol. The molecule has 2 saturated carbocycles. The maximum Gasteiger partial charge on any atom is 0.315 e. The van der Waals surface area contributed by atoms with Gasteiger partial charge in [-0.3, -0.25) is 19.8 Å². The third-order valence-electron chi connectivity index (χ3n) is 6.90. The molecule has 8 nitrogen and oxygen atoms in total. The lowest BCUT2D eigenvalue weighted by Crippen LogP contribution is -2.54. The minimum Gasteiger partial charge on any atom is -0.481 e. The lowest BCUT2D eigenvalue weighted by atomic mass is 9.91. The lowest BCUT2D eigenvalue weighted by molar-refractivity contribution is -0.146. The van der Waals surface area contributed by atoms with E-state index in [0.717, 1.165) is 64.2 Å². The number of carboxylic acid groups (broad SMARTS) is 1. The zero-order valence-electron chi connectivity index (χ0n) is 18.3. The van der Waals surface area contributed by atoms with Gasteiger partial charge >= 0.3 is 5.97 Å². The third-order valence-corrected chi connectivity index (χ3v) is 6.90. The topological polar surface area (TPSA) is 111 Å². The van der Waals surface area contributed by atoms with E-state index in [9.17, 15) is 19.5 Å². The zero-order valence-corrected chi connectivity index (χ0v) is 18.3. The van der Waals surface area contributed by atoms with Crippen molar-refractivity contribution in [3.8, 4) is 0 Å². The molecule has 8 heteroatoms. The number of carboxylic acids is 1. The largest absolute Gasteiger partial charge is 0.481 e. The number of amides is 2. The summed E-state index contributed by atoms with van der Waals surface area (Å²) in [5.74, 6) is -3.32. The number of hydrogen-bond donors (Lipinski definition) is 3. The number of anilines is 1. The number of carbonyl (C=O) groups excluding carboxylic acids is 2. The van der Waals surface area contributed by atoms with Gasteiger partial charge < -0.3 is 15.3 Å². The van der Waals surface area contributed by atoms with Gasteiger partial charge in [0, 0.05) is 12.1 Å². The Labute approximate surface area is 188 Å². The molecule has 4 rings (SSSR count). The molecule has 2 aliphatic carbocycles. The summed E-state index contributed by atoms with van der Waals surface area (Å²) in [6, 6.07) is 7.90. The molecule has 1 heterocycles. The van der Waals surface area contributed by atoms with Gasteiger partial charge in [0.2, 0.25) is 5.91 Å². The Hall–Kier alpha value is -2.90. The van der Waals surface area contributed by atoms with Gasteiger partial charge in [0.25, 0.3) is 5.91 Å². The zero-order chi connectivity index (χ0) is 22.5. The second-order valence-electron chi connectivity index (χ2n) is 9.08. The highest BCUT2D eigenvalue weighted by Gasteiger charge is 2.55. The summed E-state index contributed by atoms with van der Waals surface area (Å²) in [6.07, 6.45) is 9.64. The van der Waals surface area contributed by atoms with Gasteiger partial charge in [0.1, 0.15) is 17.7 Å². The van der Waals surface area contributed by atoms with Crippen molar-refractivity contribution < 1.29 is 19.5 Å². The van der Waals surface area contributed by atoms with Crippen molar-refractivity contribution in [3.63, 3.8) is 0 Å². The van der Waals surface area contributed by atoms with Crippen molar-refractivity contribution in [1.29, 1.82) is 0 Å². The number of nitrogens with one attached hydrogen (secondary N) is 2. The van der Waals surface area contributed by atoms with E-state index in [4.69, 9.17) is 0 Å². The summed E-state index contributed by atoms with van der Waals surface area (Å²) >= 11 is 0. The maximum atomic E-state index is 13.5. The van der Waals surface area contributed by atoms with Gasteiger partial charge in [-0.2, -0.15) is 5.10 Å². The molecular formula is C24H32N4O4. The van der Waals surface area contributed by atoms with E-state index in [2.05, 4.69) is 15.8 Å². The minimum absolute atomic E-state index is 0.0393. The lowest BCUT2D eigenvalue weighted by Gasteiger charge is -2.36. The van der Waals surface area contributed by atoms with Gasteiger partial charge in [-0.15, -0.1) is 0 Å². The van der Waals surface area contributed by atoms with Gasteiger partial charge in [-0.25, -0.2) is 0 Å². The van der Waals surface area contributed by atoms with Crippen LogP contribution >= 0.6 is 0 Å². The number of rotatable bonds is 6. The molecule has 2 amide bonds. The molecule has 1 aliphatic heterocycles. The van der Waals surface area contributed by atoms with Crippen LogP contribution in [0.15, 0.2) is 35.4 Å². The summed E-state index contributed by atoms with van der Waals surface area (Å²) in [5.41, 5.74) is 3.36. The normalized spacial score (nSPS) is 26.3. The quantitative estimate of drug-likeness (QED) is 0.589. The van der Waals surface area contributed by atoms with Crippen LogP contribution in [-0.2, 0) is 14.4 Å². The van der Waals surface area contributed by atoms with Crippen LogP contribution in [0.4, 0.5) is 5.69 Å². The summed E-state index contributed by atoms with van der Waals surface area (Å²) in [4.78, 5) is 40.7. The number of nitrogens with zero attached hydrogens (tertiary/aromatic N) is 2. The summed E-state index contributed by atoms with van der Waals surface area (Å²) in [5, 5.41) is 17.3. The number of hydrazone groups is 1. The minimum atomic E-state index is -1.30. The Kier molecular flexibility index (Phi) is 7.07. The molecule has 3 N–H and O–H groups in total. The molecule has 0 bridgehead atoms. The van der Waals surface area contributed by atoms with E-state index in [1.807, 2.05) is 18.2 Å². The van der Waals surface area contributed by atoms with Gasteiger partial charge in [0.05, 0.1) is 5.69 Å². The Morgan fingerprint density at radius 1 is 0.938 bits per heavy atom. The number of likely N-dealkylation sites (tertiary alicyclic amines) is 1. The predicted octanol–water partition coefficient (Wildman–Crippen LogP) is 3.15. The molecule has 0 radical (unpaired) electrons. The van der Waals surface area contributed by atoms with E-state index in [1.165, 1.54) is 4.90 Å². The molecule has 1 aromatic carbocycles. The Balaban J connectivity index is 1.64. The summed E-state index contributed by atoms with van der Waals surface area (Å²) < 4.78 is 0. The van der Waals surface area contributed by atoms with Crippen LogP contribution in [-0.4, -0.2) is 51.6 Å². The highest BCUT2D eigenvalue weighted by Crippen LogP contribution is 2.33. The molecule has 1 aromatic rings. The van der Waals surface area contributed by atoms with E-state index in [1.54, 1.807) is 12.1 Å². The molecule has 3 aliphatic rings. The van der Waals surface area contributed by atoms with Gasteiger partial charge in [-0.05, 0) is 37.8 Å². The first-order chi connectivity index (χ1) is 15.6. The number of aliphatic carboxylic acids is 1. The molecule has 0 aromatic heterocycles. The predicted molar refractivity (Wildman–Crippen MR) is 121 cm³/mol. The fourth-order valence-electron chi connectivity index (χ4n) is 5.27. The Morgan fingerprint density at radius 2 is 1.56 bits per heavy atom. The fourth-order valence-corrected chi connectivity index (χ4v) is 5.27. The Morgan fingerprint density at radius 3 is 2.19 bits per heavy atom. The second kappa shape index (κ2) is 10.1. The number of benzene rings is 1. The number of para-hydroxylation sites is 1. The van der Waals surface area contributed by atoms with Crippen LogP contribution in [0.25, 0.3) is 0 Å². The molecule has 172 valence electrons. The standard InChI is InChI=1S/C24H32N4O4/c29-22(25-16-10-4-1-5-11-16)21-19(24(31)32)20(27-26-17-12-6-2-7-13-17)23(30)28(21)18-14-8-3-9-15-18/h2,6-7,12-13,16,18-19,21,26H,1,3-5,8-11,14-15H2,(H,25,29)(H,31,32)/b27-20+/t19-,21-/m0/s1. The summed E-state index contributed by atoms with van der Waals surface area (Å²) in [6.45, 7) is 0. The molecule has 3 fully saturated rings. The van der Waals surface area contributed by atoms with Crippen LogP contribution in [0.5, 0.6) is 0 Å².